The van der Waals surface area contributed by atoms with Gasteiger partial charge in [0, 0.05) is 30.0 Å². The predicted molar refractivity (Wildman–Crippen MR) is 102 cm³/mol. The van der Waals surface area contributed by atoms with Gasteiger partial charge in [-0.05, 0) is 55.7 Å². The van der Waals surface area contributed by atoms with Crippen molar-refractivity contribution in [2.45, 2.75) is 26.8 Å². The number of aryl methyl sites for hydroxylation is 1. The minimum Gasteiger partial charge on any atom is -0.340 e. The van der Waals surface area contributed by atoms with E-state index in [0.29, 0.717) is 0 Å². The van der Waals surface area contributed by atoms with Crippen molar-refractivity contribution < 1.29 is 4.39 Å². The van der Waals surface area contributed by atoms with Crippen LogP contribution >= 0.6 is 0 Å². The number of aromatic nitrogens is 2. The van der Waals surface area contributed by atoms with Crippen LogP contribution in [0.25, 0.3) is 0 Å². The zero-order valence-corrected chi connectivity index (χ0v) is 15.0. The second-order valence-electron chi connectivity index (χ2n) is 6.65. The lowest BCUT2D eigenvalue weighted by Crippen LogP contribution is -2.32. The molecule has 0 amide bonds. The van der Waals surface area contributed by atoms with Gasteiger partial charge in [-0.2, -0.15) is 4.98 Å². The first-order chi connectivity index (χ1) is 12.6. The van der Waals surface area contributed by atoms with Gasteiger partial charge < -0.3 is 10.2 Å². The van der Waals surface area contributed by atoms with Crippen molar-refractivity contribution in [1.29, 1.82) is 0 Å². The summed E-state index contributed by atoms with van der Waals surface area (Å²) >= 11 is 0. The molecule has 1 aliphatic rings. The molecule has 0 bridgehead atoms. The Hall–Kier alpha value is -2.95. The molecule has 0 aliphatic carbocycles. The first-order valence-electron chi connectivity index (χ1n) is 8.80. The average molecular weight is 348 g/mol. The number of nitrogens with one attached hydrogen (secondary N) is 1. The maximum absolute atomic E-state index is 13.1. The quantitative estimate of drug-likeness (QED) is 0.754. The molecular weight excluding hydrogens is 327 g/mol. The lowest BCUT2D eigenvalue weighted by molar-refractivity contribution is 0.628. The molecule has 1 N–H and O–H groups in total. The standard InChI is InChI=1S/C21H21FN4/c1-14-15(2)23-21(25-20(14)24-19-9-7-18(22)8-10-19)26-12-11-16-5-3-4-6-17(16)13-26/h3-10H,11-13H2,1-2H3,(H,23,24,25). The van der Waals surface area contributed by atoms with Crippen LogP contribution in [0.5, 0.6) is 0 Å². The van der Waals surface area contributed by atoms with Crippen LogP contribution in [0, 0.1) is 19.7 Å². The van der Waals surface area contributed by atoms with Crippen LogP contribution in [-0.4, -0.2) is 16.5 Å². The van der Waals surface area contributed by atoms with Crippen LogP contribution in [0.2, 0.25) is 0 Å². The number of anilines is 3. The fourth-order valence-electron chi connectivity index (χ4n) is 3.21. The van der Waals surface area contributed by atoms with E-state index in [9.17, 15) is 4.39 Å². The molecule has 26 heavy (non-hydrogen) atoms. The molecule has 4 rings (SSSR count). The van der Waals surface area contributed by atoms with Crippen molar-refractivity contribution in [3.8, 4) is 0 Å². The van der Waals surface area contributed by atoms with Crippen LogP contribution in [-0.2, 0) is 13.0 Å². The van der Waals surface area contributed by atoms with Crippen LogP contribution in [0.4, 0.5) is 21.8 Å². The first kappa shape index (κ1) is 16.5. The molecule has 4 nitrogen and oxygen atoms in total. The van der Waals surface area contributed by atoms with E-state index in [1.807, 2.05) is 13.8 Å². The van der Waals surface area contributed by atoms with E-state index < -0.39 is 0 Å². The number of fused-ring (bicyclic) bond motifs is 1. The highest BCUT2D eigenvalue weighted by molar-refractivity contribution is 5.61. The third-order valence-corrected chi connectivity index (χ3v) is 4.90. The molecule has 1 aromatic heterocycles. The smallest absolute Gasteiger partial charge is 0.227 e. The minimum absolute atomic E-state index is 0.251. The summed E-state index contributed by atoms with van der Waals surface area (Å²) in [4.78, 5) is 11.7. The van der Waals surface area contributed by atoms with Gasteiger partial charge in [0.25, 0.3) is 0 Å². The molecule has 2 aromatic carbocycles. The van der Waals surface area contributed by atoms with Crippen LogP contribution < -0.4 is 10.2 Å². The second kappa shape index (κ2) is 6.75. The summed E-state index contributed by atoms with van der Waals surface area (Å²) in [5, 5.41) is 3.29. The molecule has 2 heterocycles. The van der Waals surface area contributed by atoms with Gasteiger partial charge in [0.15, 0.2) is 0 Å². The minimum atomic E-state index is -0.251. The van der Waals surface area contributed by atoms with Crippen molar-refractivity contribution in [2.24, 2.45) is 0 Å². The SMILES string of the molecule is Cc1nc(N2CCc3ccccc3C2)nc(Nc2ccc(F)cc2)c1C. The Kier molecular flexibility index (Phi) is 4.29. The summed E-state index contributed by atoms with van der Waals surface area (Å²) in [5.74, 6) is 1.24. The normalized spacial score (nSPS) is 13.4. The van der Waals surface area contributed by atoms with E-state index in [1.165, 1.54) is 23.3 Å². The maximum Gasteiger partial charge on any atom is 0.227 e. The van der Waals surface area contributed by atoms with E-state index in [4.69, 9.17) is 9.97 Å². The summed E-state index contributed by atoms with van der Waals surface area (Å²) in [7, 11) is 0. The number of halogens is 1. The summed E-state index contributed by atoms with van der Waals surface area (Å²) in [6.45, 7) is 5.70. The second-order valence-corrected chi connectivity index (χ2v) is 6.65. The molecular formula is C21H21FN4. The molecule has 132 valence electrons. The van der Waals surface area contributed by atoms with Gasteiger partial charge in [0.2, 0.25) is 5.95 Å². The van der Waals surface area contributed by atoms with E-state index >= 15 is 0 Å². The zero-order valence-electron chi connectivity index (χ0n) is 15.0. The third-order valence-electron chi connectivity index (χ3n) is 4.90. The number of benzene rings is 2. The van der Waals surface area contributed by atoms with Crippen molar-refractivity contribution in [3.63, 3.8) is 0 Å². The lowest BCUT2D eigenvalue weighted by atomic mass is 10.0. The molecule has 3 aromatic rings. The molecule has 0 radical (unpaired) electrons. The molecule has 0 saturated heterocycles. The van der Waals surface area contributed by atoms with Gasteiger partial charge in [-0.1, -0.05) is 24.3 Å². The lowest BCUT2D eigenvalue weighted by Gasteiger charge is -2.29. The fourth-order valence-corrected chi connectivity index (χ4v) is 3.21. The average Bonchev–Trinajstić information content (AvgIpc) is 2.66. The van der Waals surface area contributed by atoms with Gasteiger partial charge in [0.05, 0.1) is 0 Å². The Morgan fingerprint density at radius 3 is 2.46 bits per heavy atom. The molecule has 0 saturated carbocycles. The fraction of sp³-hybridized carbons (Fsp3) is 0.238. The number of hydrogen-bond acceptors (Lipinski definition) is 4. The van der Waals surface area contributed by atoms with Gasteiger partial charge in [-0.25, -0.2) is 9.37 Å². The molecule has 1 aliphatic heterocycles. The van der Waals surface area contributed by atoms with E-state index in [2.05, 4.69) is 34.5 Å². The highest BCUT2D eigenvalue weighted by atomic mass is 19.1. The Labute approximate surface area is 152 Å². The number of rotatable bonds is 3. The topological polar surface area (TPSA) is 41.1 Å². The summed E-state index contributed by atoms with van der Waals surface area (Å²) < 4.78 is 13.1. The largest absolute Gasteiger partial charge is 0.340 e. The van der Waals surface area contributed by atoms with Gasteiger partial charge in [-0.3, -0.25) is 0 Å². The van der Waals surface area contributed by atoms with E-state index in [1.54, 1.807) is 12.1 Å². The van der Waals surface area contributed by atoms with Crippen LogP contribution in [0.3, 0.4) is 0 Å². The Morgan fingerprint density at radius 2 is 1.69 bits per heavy atom. The molecule has 0 fully saturated rings. The molecule has 0 atom stereocenters. The Balaban J connectivity index is 1.63. The van der Waals surface area contributed by atoms with Crippen LogP contribution in [0.15, 0.2) is 48.5 Å². The number of nitrogens with zero attached hydrogens (tertiary/aromatic N) is 3. The monoisotopic (exact) mass is 348 g/mol. The molecule has 5 heteroatoms. The van der Waals surface area contributed by atoms with Crippen molar-refractivity contribution in [2.75, 3.05) is 16.8 Å². The highest BCUT2D eigenvalue weighted by Crippen LogP contribution is 2.26. The van der Waals surface area contributed by atoms with Crippen molar-refractivity contribution >= 4 is 17.5 Å². The highest BCUT2D eigenvalue weighted by Gasteiger charge is 2.20. The molecule has 0 spiro atoms. The Morgan fingerprint density at radius 1 is 0.962 bits per heavy atom. The molecule has 0 unspecified atom stereocenters. The van der Waals surface area contributed by atoms with Gasteiger partial charge >= 0.3 is 0 Å². The van der Waals surface area contributed by atoms with Gasteiger partial charge in [0.1, 0.15) is 11.6 Å². The summed E-state index contributed by atoms with van der Waals surface area (Å²) in [5.41, 5.74) is 5.47. The van der Waals surface area contributed by atoms with E-state index in [0.717, 1.165) is 48.2 Å². The number of hydrogen-bond donors (Lipinski definition) is 1. The van der Waals surface area contributed by atoms with Gasteiger partial charge in [-0.15, -0.1) is 0 Å². The van der Waals surface area contributed by atoms with E-state index in [-0.39, 0.29) is 5.82 Å². The third kappa shape index (κ3) is 3.25. The maximum atomic E-state index is 13.1. The summed E-state index contributed by atoms with van der Waals surface area (Å²) in [6, 6.07) is 14.8. The predicted octanol–water partition coefficient (Wildman–Crippen LogP) is 4.54. The van der Waals surface area contributed by atoms with Crippen molar-refractivity contribution in [3.05, 3.63) is 76.7 Å². The zero-order chi connectivity index (χ0) is 18.1. The van der Waals surface area contributed by atoms with Crippen molar-refractivity contribution in [1.82, 2.24) is 9.97 Å². The first-order valence-corrected chi connectivity index (χ1v) is 8.80. The Bertz CT molecular complexity index is 937. The van der Waals surface area contributed by atoms with Crippen LogP contribution in [0.1, 0.15) is 22.4 Å². The summed E-state index contributed by atoms with van der Waals surface area (Å²) in [6.07, 6.45) is 0.993.